The minimum absolute atomic E-state index is 0. The zero-order valence-electron chi connectivity index (χ0n) is 24.3. The molecule has 0 aliphatic carbocycles. The zero-order chi connectivity index (χ0) is 28.7. The molecule has 0 spiro atoms. The van der Waals surface area contributed by atoms with Crippen LogP contribution in [0.3, 0.4) is 0 Å². The molecule has 44 heavy (non-hydrogen) atoms. The van der Waals surface area contributed by atoms with Crippen molar-refractivity contribution in [2.24, 2.45) is 0 Å². The van der Waals surface area contributed by atoms with Gasteiger partial charge in [-0.25, -0.2) is 0 Å². The predicted octanol–water partition coefficient (Wildman–Crippen LogP) is 11.8. The number of hydrogen-bond donors (Lipinski definition) is 0. The quantitative estimate of drug-likeness (QED) is 0.0799. The summed E-state index contributed by atoms with van der Waals surface area (Å²) in [5.41, 5.74) is 2.53. The maximum absolute atomic E-state index is 2.17. The molecule has 218 valence electrons. The molecule has 0 aliphatic heterocycles. The number of rotatable bonds is 10. The Balaban J connectivity index is 0.000000230. The molecule has 0 nitrogen and oxygen atoms in total. The van der Waals surface area contributed by atoms with Crippen molar-refractivity contribution < 1.29 is 17.1 Å². The van der Waals surface area contributed by atoms with Crippen LogP contribution in [-0.4, -0.2) is 18.9 Å². The van der Waals surface area contributed by atoms with Crippen LogP contribution in [0.15, 0.2) is 202 Å². The Kier molecular flexibility index (Phi) is 16.9. The SMILES string of the molecule is [Cu+2].[Li].c1ccc(S[C-](Sc2ccccc2)c2ccccc2)cc1.c1ccc(S[C-](Sc2ccccc2)c2ccccc2)cc1. The van der Waals surface area contributed by atoms with Crippen molar-refractivity contribution in [3.8, 4) is 0 Å². The monoisotopic (exact) mass is 684 g/mol. The predicted molar refractivity (Wildman–Crippen MR) is 193 cm³/mol. The molecule has 0 fully saturated rings. The van der Waals surface area contributed by atoms with Crippen LogP contribution >= 0.6 is 47.0 Å². The largest absolute Gasteiger partial charge is 2.00 e. The molecule has 6 aromatic carbocycles. The van der Waals surface area contributed by atoms with Crippen LogP contribution in [0.4, 0.5) is 0 Å². The van der Waals surface area contributed by atoms with E-state index in [4.69, 9.17) is 0 Å². The number of thioether (sulfide) groups is 4. The van der Waals surface area contributed by atoms with E-state index >= 15 is 0 Å². The minimum Gasteiger partial charge on any atom is -0.168 e. The summed E-state index contributed by atoms with van der Waals surface area (Å²) in [6.07, 6.45) is 0. The maximum atomic E-state index is 2.17. The molecule has 6 heteroatoms. The fraction of sp³-hybridized carbons (Fsp3) is 0. The number of hydrogen-bond acceptors (Lipinski definition) is 4. The summed E-state index contributed by atoms with van der Waals surface area (Å²) in [5, 5.41) is 0. The second-order valence-electron chi connectivity index (χ2n) is 8.97. The summed E-state index contributed by atoms with van der Waals surface area (Å²) in [4.78, 5) is 5.05. The second-order valence-corrected chi connectivity index (χ2v) is 13.8. The molecule has 0 atom stereocenters. The van der Waals surface area contributed by atoms with Crippen LogP contribution in [0.5, 0.6) is 0 Å². The van der Waals surface area contributed by atoms with E-state index in [0.29, 0.717) is 0 Å². The summed E-state index contributed by atoms with van der Waals surface area (Å²) >= 11 is 7.27. The minimum atomic E-state index is 0. The Morgan fingerprint density at radius 1 is 0.273 bits per heavy atom. The van der Waals surface area contributed by atoms with Gasteiger partial charge in [0.1, 0.15) is 0 Å². The first kappa shape index (κ1) is 36.0. The van der Waals surface area contributed by atoms with Gasteiger partial charge in [-0.15, -0.1) is 24.3 Å². The Morgan fingerprint density at radius 3 is 0.659 bits per heavy atom. The van der Waals surface area contributed by atoms with Crippen molar-refractivity contribution in [3.05, 3.63) is 202 Å². The molecule has 0 saturated heterocycles. The number of benzene rings is 6. The van der Waals surface area contributed by atoms with Crippen molar-refractivity contribution in [2.75, 3.05) is 0 Å². The summed E-state index contributed by atoms with van der Waals surface area (Å²) in [6, 6.07) is 63.2. The van der Waals surface area contributed by atoms with Gasteiger partial charge >= 0.3 is 17.1 Å². The van der Waals surface area contributed by atoms with Gasteiger partial charge in [0.2, 0.25) is 0 Å². The molecular formula is C38H30CuLiS4. The van der Waals surface area contributed by atoms with Gasteiger partial charge < -0.3 is 0 Å². The average Bonchev–Trinajstić information content (AvgIpc) is 3.07. The maximum Gasteiger partial charge on any atom is 2.00 e. The summed E-state index contributed by atoms with van der Waals surface area (Å²) < 4.78 is 2.60. The van der Waals surface area contributed by atoms with E-state index in [1.165, 1.54) is 39.9 Å². The van der Waals surface area contributed by atoms with Crippen LogP contribution in [0.25, 0.3) is 0 Å². The first-order chi connectivity index (χ1) is 20.8. The molecule has 0 heterocycles. The first-order valence-electron chi connectivity index (χ1n) is 13.6. The van der Waals surface area contributed by atoms with Crippen LogP contribution in [0.2, 0.25) is 0 Å². The topological polar surface area (TPSA) is 0 Å². The van der Waals surface area contributed by atoms with Crippen molar-refractivity contribution >= 4 is 65.9 Å². The Labute approximate surface area is 302 Å². The molecule has 6 rings (SSSR count). The molecule has 2 radical (unpaired) electrons. The third-order valence-electron chi connectivity index (χ3n) is 5.83. The van der Waals surface area contributed by atoms with E-state index in [9.17, 15) is 0 Å². The van der Waals surface area contributed by atoms with Crippen LogP contribution in [0, 0.1) is 9.16 Å². The third-order valence-corrected chi connectivity index (χ3v) is 10.5. The molecule has 0 unspecified atom stereocenters. The van der Waals surface area contributed by atoms with E-state index in [-0.39, 0.29) is 35.9 Å². The molecule has 0 aromatic heterocycles. The van der Waals surface area contributed by atoms with Crippen LogP contribution < -0.4 is 0 Å². The van der Waals surface area contributed by atoms with E-state index in [0.717, 1.165) is 0 Å². The van der Waals surface area contributed by atoms with Crippen molar-refractivity contribution in [1.29, 1.82) is 0 Å². The van der Waals surface area contributed by atoms with E-state index in [1.807, 2.05) is 47.0 Å². The summed E-state index contributed by atoms with van der Waals surface area (Å²) in [6.45, 7) is 0. The third kappa shape index (κ3) is 12.2. The first-order valence-corrected chi connectivity index (χ1v) is 16.9. The zero-order valence-corrected chi connectivity index (χ0v) is 28.5. The molecule has 0 saturated carbocycles. The van der Waals surface area contributed by atoms with E-state index < -0.39 is 0 Å². The fourth-order valence-corrected chi connectivity index (χ4v) is 8.34. The van der Waals surface area contributed by atoms with E-state index in [2.05, 4.69) is 182 Å². The Bertz CT molecular complexity index is 1360. The van der Waals surface area contributed by atoms with Gasteiger partial charge in [-0.05, 0) is 48.5 Å². The molecule has 0 bridgehead atoms. The average molecular weight is 685 g/mol. The van der Waals surface area contributed by atoms with Gasteiger partial charge in [0.15, 0.2) is 0 Å². The van der Waals surface area contributed by atoms with E-state index in [1.54, 1.807) is 0 Å². The summed E-state index contributed by atoms with van der Waals surface area (Å²) in [7, 11) is 0. The molecule has 6 aromatic rings. The van der Waals surface area contributed by atoms with Gasteiger partial charge in [0.05, 0.1) is 0 Å². The molecule has 0 amide bonds. The van der Waals surface area contributed by atoms with Crippen LogP contribution in [-0.2, 0) is 17.1 Å². The van der Waals surface area contributed by atoms with Gasteiger partial charge in [-0.3, -0.25) is 0 Å². The van der Waals surface area contributed by atoms with Gasteiger partial charge in [0, 0.05) is 38.4 Å². The molecule has 0 aliphatic rings. The fourth-order valence-electron chi connectivity index (χ4n) is 3.81. The van der Waals surface area contributed by atoms with Gasteiger partial charge in [0.25, 0.3) is 0 Å². The van der Waals surface area contributed by atoms with Gasteiger partial charge in [-0.2, -0.15) is 82.4 Å². The van der Waals surface area contributed by atoms with Crippen molar-refractivity contribution in [2.45, 2.75) is 19.6 Å². The molecule has 0 N–H and O–H groups in total. The van der Waals surface area contributed by atoms with Crippen molar-refractivity contribution in [3.63, 3.8) is 0 Å². The Morgan fingerprint density at radius 2 is 0.455 bits per heavy atom. The Hall–Kier alpha value is -2.42. The normalized spacial score (nSPS) is 9.82. The smallest absolute Gasteiger partial charge is 0.168 e. The van der Waals surface area contributed by atoms with Crippen LogP contribution in [0.1, 0.15) is 11.1 Å². The second kappa shape index (κ2) is 20.6. The van der Waals surface area contributed by atoms with Gasteiger partial charge in [-0.1, -0.05) is 94.1 Å². The standard InChI is InChI=1S/2C19H15S2.Cu.Li/c2*1-4-10-16(11-5-1)19(20-17-12-6-2-7-13-17)21-18-14-8-3-9-15-18;;/h2*1-15H;;/q2*-1;+2;. The molecular weight excluding hydrogens is 655 g/mol. The van der Waals surface area contributed by atoms with Crippen molar-refractivity contribution in [1.82, 2.24) is 0 Å². The summed E-state index contributed by atoms with van der Waals surface area (Å²) in [5.74, 6) is 0.